The maximum atomic E-state index is 4.21. The van der Waals surface area contributed by atoms with Crippen LogP contribution < -0.4 is 0 Å². The number of hydrogen-bond acceptors (Lipinski definition) is 2. The Morgan fingerprint density at radius 1 is 1.38 bits per heavy atom. The highest BCUT2D eigenvalue weighted by atomic mass is 79.9. The molecule has 0 saturated heterocycles. The van der Waals surface area contributed by atoms with Gasteiger partial charge in [-0.2, -0.15) is 0 Å². The van der Waals surface area contributed by atoms with E-state index < -0.39 is 0 Å². The summed E-state index contributed by atoms with van der Waals surface area (Å²) in [4.78, 5) is 8.42. The average molecular weight is 240 g/mol. The second kappa shape index (κ2) is 3.10. The molecule has 3 nitrogen and oxygen atoms in total. The minimum Gasteiger partial charge on any atom is -0.327 e. The molecule has 0 unspecified atom stereocenters. The van der Waals surface area contributed by atoms with Gasteiger partial charge in [0.2, 0.25) is 0 Å². The van der Waals surface area contributed by atoms with Gasteiger partial charge in [0.25, 0.3) is 0 Å². The fourth-order valence-corrected chi connectivity index (χ4v) is 1.62. The van der Waals surface area contributed by atoms with Gasteiger partial charge in [0.1, 0.15) is 0 Å². The van der Waals surface area contributed by atoms with Gasteiger partial charge in [-0.05, 0) is 35.8 Å². The SMILES string of the molecule is CC(C)n1cnc2ncc(Br)cc21. The first-order valence-electron chi connectivity index (χ1n) is 4.16. The zero-order chi connectivity index (χ0) is 9.42. The van der Waals surface area contributed by atoms with Crippen LogP contribution >= 0.6 is 15.9 Å². The number of fused-ring (bicyclic) bond motifs is 1. The van der Waals surface area contributed by atoms with Crippen LogP contribution in [-0.2, 0) is 0 Å². The Balaban J connectivity index is 2.71. The first-order chi connectivity index (χ1) is 6.18. The van der Waals surface area contributed by atoms with Crippen molar-refractivity contribution in [2.75, 3.05) is 0 Å². The summed E-state index contributed by atoms with van der Waals surface area (Å²) in [5.41, 5.74) is 1.88. The average Bonchev–Trinajstić information content (AvgIpc) is 2.46. The third-order valence-electron chi connectivity index (χ3n) is 1.95. The Kier molecular flexibility index (Phi) is 2.07. The Labute approximate surface area is 84.9 Å². The third-order valence-corrected chi connectivity index (χ3v) is 2.39. The predicted octanol–water partition coefficient (Wildman–Crippen LogP) is 2.77. The van der Waals surface area contributed by atoms with Crippen molar-refractivity contribution >= 4 is 27.1 Å². The van der Waals surface area contributed by atoms with Crippen LogP contribution in [-0.4, -0.2) is 14.5 Å². The number of imidazole rings is 1. The summed E-state index contributed by atoms with van der Waals surface area (Å²) in [6.07, 6.45) is 3.59. The Morgan fingerprint density at radius 3 is 2.85 bits per heavy atom. The molecule has 0 aromatic carbocycles. The van der Waals surface area contributed by atoms with Crippen molar-refractivity contribution in [1.29, 1.82) is 0 Å². The van der Waals surface area contributed by atoms with Gasteiger partial charge in [-0.15, -0.1) is 0 Å². The normalized spacial score (nSPS) is 11.4. The molecule has 2 heterocycles. The Bertz CT molecular complexity index is 433. The van der Waals surface area contributed by atoms with Gasteiger partial charge in [-0.25, -0.2) is 9.97 Å². The highest BCUT2D eigenvalue weighted by molar-refractivity contribution is 9.10. The Hall–Kier alpha value is -0.900. The summed E-state index contributed by atoms with van der Waals surface area (Å²) in [5, 5.41) is 0. The monoisotopic (exact) mass is 239 g/mol. The summed E-state index contributed by atoms with van der Waals surface area (Å²) in [7, 11) is 0. The quantitative estimate of drug-likeness (QED) is 0.767. The second-order valence-electron chi connectivity index (χ2n) is 3.24. The molecule has 0 radical (unpaired) electrons. The topological polar surface area (TPSA) is 30.7 Å². The van der Waals surface area contributed by atoms with Crippen molar-refractivity contribution in [2.24, 2.45) is 0 Å². The lowest BCUT2D eigenvalue weighted by Gasteiger charge is -2.06. The van der Waals surface area contributed by atoms with Crippen LogP contribution in [0.2, 0.25) is 0 Å². The van der Waals surface area contributed by atoms with Crippen LogP contribution in [0.15, 0.2) is 23.1 Å². The zero-order valence-corrected chi connectivity index (χ0v) is 9.12. The number of pyridine rings is 1. The van der Waals surface area contributed by atoms with Gasteiger partial charge in [0.15, 0.2) is 5.65 Å². The fourth-order valence-electron chi connectivity index (χ4n) is 1.30. The molecule has 0 atom stereocenters. The van der Waals surface area contributed by atoms with Crippen LogP contribution in [0.3, 0.4) is 0 Å². The van der Waals surface area contributed by atoms with Gasteiger partial charge in [-0.1, -0.05) is 0 Å². The molecule has 0 aliphatic carbocycles. The molecular formula is C9H10BrN3. The molecule has 0 saturated carbocycles. The van der Waals surface area contributed by atoms with Crippen molar-refractivity contribution in [2.45, 2.75) is 19.9 Å². The maximum absolute atomic E-state index is 4.21. The van der Waals surface area contributed by atoms with E-state index in [4.69, 9.17) is 0 Å². The molecule has 0 fully saturated rings. The first-order valence-corrected chi connectivity index (χ1v) is 4.96. The van der Waals surface area contributed by atoms with E-state index in [0.717, 1.165) is 15.6 Å². The van der Waals surface area contributed by atoms with E-state index in [1.54, 1.807) is 6.20 Å². The van der Waals surface area contributed by atoms with Crippen molar-refractivity contribution < 1.29 is 0 Å². The Morgan fingerprint density at radius 2 is 2.15 bits per heavy atom. The maximum Gasteiger partial charge on any atom is 0.177 e. The smallest absolute Gasteiger partial charge is 0.177 e. The van der Waals surface area contributed by atoms with E-state index in [9.17, 15) is 0 Å². The summed E-state index contributed by atoms with van der Waals surface area (Å²) < 4.78 is 3.09. The van der Waals surface area contributed by atoms with Gasteiger partial charge < -0.3 is 4.57 Å². The number of halogens is 1. The molecule has 0 aliphatic rings. The lowest BCUT2D eigenvalue weighted by atomic mass is 10.3. The van der Waals surface area contributed by atoms with E-state index in [2.05, 4.69) is 44.3 Å². The van der Waals surface area contributed by atoms with Crippen molar-refractivity contribution in [3.05, 3.63) is 23.1 Å². The fraction of sp³-hybridized carbons (Fsp3) is 0.333. The summed E-state index contributed by atoms with van der Waals surface area (Å²) in [6.45, 7) is 4.25. The molecule has 0 spiro atoms. The number of hydrogen-bond donors (Lipinski definition) is 0. The molecule has 0 amide bonds. The molecule has 2 aromatic rings. The van der Waals surface area contributed by atoms with Crippen LogP contribution in [0.4, 0.5) is 0 Å². The minimum absolute atomic E-state index is 0.418. The first kappa shape index (κ1) is 8.69. The van der Waals surface area contributed by atoms with Crippen molar-refractivity contribution in [1.82, 2.24) is 14.5 Å². The molecule has 68 valence electrons. The largest absolute Gasteiger partial charge is 0.327 e. The number of aromatic nitrogens is 3. The van der Waals surface area contributed by atoms with E-state index in [1.165, 1.54) is 0 Å². The van der Waals surface area contributed by atoms with Crippen molar-refractivity contribution in [3.8, 4) is 0 Å². The molecule has 2 rings (SSSR count). The van der Waals surface area contributed by atoms with Gasteiger partial charge in [0, 0.05) is 16.7 Å². The second-order valence-corrected chi connectivity index (χ2v) is 4.16. The van der Waals surface area contributed by atoms with E-state index in [0.29, 0.717) is 6.04 Å². The molecule has 13 heavy (non-hydrogen) atoms. The van der Waals surface area contributed by atoms with E-state index >= 15 is 0 Å². The summed E-state index contributed by atoms with van der Waals surface area (Å²) in [6, 6.07) is 2.45. The lowest BCUT2D eigenvalue weighted by Crippen LogP contribution is -1.97. The lowest BCUT2D eigenvalue weighted by molar-refractivity contribution is 0.617. The summed E-state index contributed by atoms with van der Waals surface area (Å²) >= 11 is 3.40. The predicted molar refractivity (Wildman–Crippen MR) is 55.6 cm³/mol. The number of nitrogens with zero attached hydrogens (tertiary/aromatic N) is 3. The third kappa shape index (κ3) is 1.46. The highest BCUT2D eigenvalue weighted by Crippen LogP contribution is 2.19. The van der Waals surface area contributed by atoms with Crippen LogP contribution in [0, 0.1) is 0 Å². The van der Waals surface area contributed by atoms with E-state index in [-0.39, 0.29) is 0 Å². The standard InChI is InChI=1S/C9H10BrN3/c1-6(2)13-5-12-9-8(13)3-7(10)4-11-9/h3-6H,1-2H3. The molecular weight excluding hydrogens is 230 g/mol. The molecule has 4 heteroatoms. The molecule has 0 aliphatic heterocycles. The van der Waals surface area contributed by atoms with Gasteiger partial charge in [-0.3, -0.25) is 0 Å². The van der Waals surface area contributed by atoms with Crippen LogP contribution in [0.1, 0.15) is 19.9 Å². The molecule has 0 N–H and O–H groups in total. The van der Waals surface area contributed by atoms with Crippen LogP contribution in [0.25, 0.3) is 11.2 Å². The zero-order valence-electron chi connectivity index (χ0n) is 7.53. The van der Waals surface area contributed by atoms with E-state index in [1.807, 2.05) is 12.4 Å². The van der Waals surface area contributed by atoms with Gasteiger partial charge >= 0.3 is 0 Å². The van der Waals surface area contributed by atoms with Crippen molar-refractivity contribution in [3.63, 3.8) is 0 Å². The molecule has 0 bridgehead atoms. The van der Waals surface area contributed by atoms with Crippen LogP contribution in [0.5, 0.6) is 0 Å². The highest BCUT2D eigenvalue weighted by Gasteiger charge is 2.05. The van der Waals surface area contributed by atoms with Gasteiger partial charge in [0.05, 0.1) is 11.8 Å². The minimum atomic E-state index is 0.418. The molecule has 2 aromatic heterocycles. The summed E-state index contributed by atoms with van der Waals surface area (Å²) in [5.74, 6) is 0. The number of rotatable bonds is 1.